The molecule has 2 heteroatoms. The molecule has 0 amide bonds. The molecule has 0 aromatic heterocycles. The van der Waals surface area contributed by atoms with Gasteiger partial charge in [0.1, 0.15) is 0 Å². The molecule has 1 nitrogen and oxygen atoms in total. The predicted octanol–water partition coefficient (Wildman–Crippen LogP) is 3.94. The smallest absolute Gasteiger partial charge is 0.0897 e. The summed E-state index contributed by atoms with van der Waals surface area (Å²) in [4.78, 5) is 0. The van der Waals surface area contributed by atoms with E-state index in [2.05, 4.69) is 41.9 Å². The van der Waals surface area contributed by atoms with Crippen LogP contribution in [0.2, 0.25) is 0 Å². The Morgan fingerprint density at radius 2 is 1.93 bits per heavy atom. The lowest BCUT2D eigenvalue weighted by Gasteiger charge is -2.37. The summed E-state index contributed by atoms with van der Waals surface area (Å²) in [7, 11) is 0. The molecule has 0 saturated heterocycles. The van der Waals surface area contributed by atoms with Crippen LogP contribution in [-0.4, -0.2) is 5.11 Å². The minimum absolute atomic E-state index is 0.505. The van der Waals surface area contributed by atoms with Crippen molar-refractivity contribution < 1.29 is 5.11 Å². The topological polar surface area (TPSA) is 20.2 Å². The lowest BCUT2D eigenvalue weighted by molar-refractivity contribution is -0.0389. The highest BCUT2D eigenvalue weighted by molar-refractivity contribution is 9.10. The molecule has 1 aromatic rings. The monoisotopic (exact) mass is 268 g/mol. The van der Waals surface area contributed by atoms with E-state index >= 15 is 0 Å². The first-order valence-electron chi connectivity index (χ1n) is 5.55. The minimum atomic E-state index is -0.548. The first-order chi connectivity index (χ1) is 7.01. The Hall–Kier alpha value is -0.340. The molecule has 2 rings (SSSR count). The van der Waals surface area contributed by atoms with Crippen molar-refractivity contribution in [1.82, 2.24) is 0 Å². The SMILES string of the molecule is CC(C)c1cc(Br)cc(C2(O)CCC2)c1. The average molecular weight is 269 g/mol. The van der Waals surface area contributed by atoms with Gasteiger partial charge in [-0.25, -0.2) is 0 Å². The van der Waals surface area contributed by atoms with Gasteiger partial charge in [-0.05, 0) is 48.4 Å². The quantitative estimate of drug-likeness (QED) is 0.862. The summed E-state index contributed by atoms with van der Waals surface area (Å²) in [6.07, 6.45) is 2.95. The summed E-state index contributed by atoms with van der Waals surface area (Å²) >= 11 is 3.52. The van der Waals surface area contributed by atoms with Gasteiger partial charge in [0.15, 0.2) is 0 Å². The lowest BCUT2D eigenvalue weighted by atomic mass is 9.74. The normalized spacial score (nSPS) is 19.0. The van der Waals surface area contributed by atoms with Crippen molar-refractivity contribution in [2.45, 2.75) is 44.6 Å². The number of aliphatic hydroxyl groups is 1. The van der Waals surface area contributed by atoms with Crippen molar-refractivity contribution in [3.63, 3.8) is 0 Å². The van der Waals surface area contributed by atoms with Crippen LogP contribution in [0.3, 0.4) is 0 Å². The molecule has 1 aromatic carbocycles. The summed E-state index contributed by atoms with van der Waals surface area (Å²) in [5.41, 5.74) is 1.82. The van der Waals surface area contributed by atoms with E-state index in [1.165, 1.54) is 5.56 Å². The summed E-state index contributed by atoms with van der Waals surface area (Å²) in [5, 5.41) is 10.3. The third kappa shape index (κ3) is 2.11. The van der Waals surface area contributed by atoms with Crippen LogP contribution in [0.15, 0.2) is 22.7 Å². The van der Waals surface area contributed by atoms with Crippen LogP contribution in [-0.2, 0) is 5.60 Å². The van der Waals surface area contributed by atoms with Crippen LogP contribution in [0.25, 0.3) is 0 Å². The molecule has 1 saturated carbocycles. The second-order valence-corrected chi connectivity index (χ2v) is 5.73. The van der Waals surface area contributed by atoms with Gasteiger partial charge < -0.3 is 5.11 Å². The van der Waals surface area contributed by atoms with E-state index in [-0.39, 0.29) is 0 Å². The predicted molar refractivity (Wildman–Crippen MR) is 66.0 cm³/mol. The third-order valence-electron chi connectivity index (χ3n) is 3.30. The van der Waals surface area contributed by atoms with E-state index in [1.807, 2.05) is 6.07 Å². The van der Waals surface area contributed by atoms with E-state index in [9.17, 15) is 5.11 Å². The molecule has 82 valence electrons. The van der Waals surface area contributed by atoms with Crippen LogP contribution < -0.4 is 0 Å². The number of halogens is 1. The second kappa shape index (κ2) is 3.91. The zero-order valence-electron chi connectivity index (χ0n) is 9.26. The highest BCUT2D eigenvalue weighted by Gasteiger charge is 2.36. The van der Waals surface area contributed by atoms with Crippen LogP contribution >= 0.6 is 15.9 Å². The van der Waals surface area contributed by atoms with Gasteiger partial charge in [0.05, 0.1) is 5.60 Å². The Labute approximate surface area is 99.6 Å². The summed E-state index contributed by atoms with van der Waals surface area (Å²) in [6.45, 7) is 4.35. The molecule has 1 fully saturated rings. The fraction of sp³-hybridized carbons (Fsp3) is 0.538. The Morgan fingerprint density at radius 1 is 1.27 bits per heavy atom. The zero-order chi connectivity index (χ0) is 11.1. The summed E-state index contributed by atoms with van der Waals surface area (Å²) in [6, 6.07) is 6.33. The summed E-state index contributed by atoms with van der Waals surface area (Å²) < 4.78 is 1.07. The molecule has 0 bridgehead atoms. The number of benzene rings is 1. The van der Waals surface area contributed by atoms with Crippen LogP contribution in [0.4, 0.5) is 0 Å². The van der Waals surface area contributed by atoms with Crippen molar-refractivity contribution in [2.24, 2.45) is 0 Å². The van der Waals surface area contributed by atoms with Crippen molar-refractivity contribution in [3.05, 3.63) is 33.8 Å². The van der Waals surface area contributed by atoms with Gasteiger partial charge in [-0.1, -0.05) is 35.8 Å². The summed E-state index contributed by atoms with van der Waals surface area (Å²) in [5.74, 6) is 0.505. The molecule has 1 N–H and O–H groups in total. The van der Waals surface area contributed by atoms with Gasteiger partial charge in [0.25, 0.3) is 0 Å². The van der Waals surface area contributed by atoms with Crippen LogP contribution in [0.1, 0.15) is 50.2 Å². The van der Waals surface area contributed by atoms with E-state index in [0.29, 0.717) is 5.92 Å². The van der Waals surface area contributed by atoms with Crippen molar-refractivity contribution in [1.29, 1.82) is 0 Å². The van der Waals surface area contributed by atoms with Crippen molar-refractivity contribution in [3.8, 4) is 0 Å². The van der Waals surface area contributed by atoms with Crippen LogP contribution in [0.5, 0.6) is 0 Å². The molecule has 0 heterocycles. The van der Waals surface area contributed by atoms with Gasteiger partial charge in [0.2, 0.25) is 0 Å². The first-order valence-corrected chi connectivity index (χ1v) is 6.34. The zero-order valence-corrected chi connectivity index (χ0v) is 10.8. The Morgan fingerprint density at radius 3 is 2.40 bits per heavy atom. The van der Waals surface area contributed by atoms with E-state index in [4.69, 9.17) is 0 Å². The molecule has 1 aliphatic carbocycles. The molecule has 0 unspecified atom stereocenters. The van der Waals surface area contributed by atoms with Gasteiger partial charge in [-0.2, -0.15) is 0 Å². The van der Waals surface area contributed by atoms with Crippen LogP contribution in [0, 0.1) is 0 Å². The van der Waals surface area contributed by atoms with E-state index < -0.39 is 5.60 Å². The van der Waals surface area contributed by atoms with E-state index in [1.54, 1.807) is 0 Å². The molecule has 0 spiro atoms. The highest BCUT2D eigenvalue weighted by atomic mass is 79.9. The number of rotatable bonds is 2. The minimum Gasteiger partial charge on any atom is -0.385 e. The van der Waals surface area contributed by atoms with Gasteiger partial charge in [-0.15, -0.1) is 0 Å². The molecular weight excluding hydrogens is 252 g/mol. The fourth-order valence-corrected chi connectivity index (χ4v) is 2.53. The van der Waals surface area contributed by atoms with E-state index in [0.717, 1.165) is 29.3 Å². The van der Waals surface area contributed by atoms with Gasteiger partial charge in [-0.3, -0.25) is 0 Å². The largest absolute Gasteiger partial charge is 0.385 e. The fourth-order valence-electron chi connectivity index (χ4n) is 2.01. The molecule has 0 aliphatic heterocycles. The first kappa shape index (κ1) is 11.2. The third-order valence-corrected chi connectivity index (χ3v) is 3.76. The van der Waals surface area contributed by atoms with Gasteiger partial charge >= 0.3 is 0 Å². The molecule has 1 aliphatic rings. The van der Waals surface area contributed by atoms with Crippen molar-refractivity contribution in [2.75, 3.05) is 0 Å². The molecular formula is C13H17BrO. The number of hydrogen-bond acceptors (Lipinski definition) is 1. The Balaban J connectivity index is 2.39. The maximum Gasteiger partial charge on any atom is 0.0897 e. The average Bonchev–Trinajstić information content (AvgIpc) is 2.13. The number of hydrogen-bond donors (Lipinski definition) is 1. The second-order valence-electron chi connectivity index (χ2n) is 4.81. The highest BCUT2D eigenvalue weighted by Crippen LogP contribution is 2.42. The van der Waals surface area contributed by atoms with Gasteiger partial charge in [0, 0.05) is 4.47 Å². The molecule has 15 heavy (non-hydrogen) atoms. The molecule has 0 radical (unpaired) electrons. The maximum atomic E-state index is 10.3. The maximum absolute atomic E-state index is 10.3. The lowest BCUT2D eigenvalue weighted by Crippen LogP contribution is -2.33. The Kier molecular flexibility index (Phi) is 2.91. The Bertz CT molecular complexity index is 367. The standard InChI is InChI=1S/C13H17BrO/c1-9(2)10-6-11(8-12(14)7-10)13(15)4-3-5-13/h6-9,15H,3-5H2,1-2H3. The van der Waals surface area contributed by atoms with Crippen molar-refractivity contribution >= 4 is 15.9 Å². The molecule has 0 atom stereocenters.